The van der Waals surface area contributed by atoms with E-state index in [9.17, 15) is 0 Å². The Morgan fingerprint density at radius 2 is 1.73 bits per heavy atom. The van der Waals surface area contributed by atoms with Gasteiger partial charge in [0.2, 0.25) is 0 Å². The minimum Gasteiger partial charge on any atom is -0.112 e. The van der Waals surface area contributed by atoms with Crippen LogP contribution in [0, 0.1) is 6.08 Å². The molecule has 0 nitrogen and oxygen atoms in total. The summed E-state index contributed by atoms with van der Waals surface area (Å²) in [4.78, 5) is 0. The number of hydrogen-bond donors (Lipinski definition) is 0. The van der Waals surface area contributed by atoms with Crippen molar-refractivity contribution in [1.29, 1.82) is 0 Å². The minimum absolute atomic E-state index is 1.08. The Labute approximate surface area is 67.9 Å². The van der Waals surface area contributed by atoms with Gasteiger partial charge in [0.05, 0.1) is 0 Å². The van der Waals surface area contributed by atoms with Crippen molar-refractivity contribution >= 4 is 0 Å². The number of rotatable bonds is 1. The molecule has 0 spiro atoms. The fraction of sp³-hybridized carbons (Fsp3) is 0.182. The predicted molar refractivity (Wildman–Crippen MR) is 47.2 cm³/mol. The lowest BCUT2D eigenvalue weighted by Gasteiger charge is -1.85. The highest BCUT2D eigenvalue weighted by atomic mass is 13.8. The summed E-state index contributed by atoms with van der Waals surface area (Å²) in [6.07, 6.45) is 3.06. The maximum atomic E-state index is 3.06. The lowest BCUT2D eigenvalue weighted by Crippen LogP contribution is -1.68. The summed E-state index contributed by atoms with van der Waals surface area (Å²) < 4.78 is 0. The van der Waals surface area contributed by atoms with Crippen LogP contribution in [0.4, 0.5) is 0 Å². The van der Waals surface area contributed by atoms with E-state index in [0.717, 1.165) is 11.1 Å². The summed E-state index contributed by atoms with van der Waals surface area (Å²) in [5, 5.41) is 0. The van der Waals surface area contributed by atoms with Crippen LogP contribution in [0.15, 0.2) is 41.6 Å². The van der Waals surface area contributed by atoms with E-state index < -0.39 is 0 Å². The van der Waals surface area contributed by atoms with E-state index in [0.29, 0.717) is 0 Å². The van der Waals surface area contributed by atoms with Gasteiger partial charge in [-0.25, -0.2) is 0 Å². The third-order valence-corrected chi connectivity index (χ3v) is 1.23. The highest BCUT2D eigenvalue weighted by Crippen LogP contribution is 1.97. The predicted octanol–water partition coefficient (Wildman–Crippen LogP) is 2.96. The molecule has 0 bridgehead atoms. The van der Waals surface area contributed by atoms with Crippen LogP contribution in [0.1, 0.15) is 19.4 Å². The molecule has 0 aliphatic heterocycles. The van der Waals surface area contributed by atoms with E-state index in [1.165, 1.54) is 0 Å². The summed E-state index contributed by atoms with van der Waals surface area (Å²) >= 11 is 0. The SMILES string of the molecule is CC(C)=C=[C]c1ccccc1. The molecular formula is C11H11. The summed E-state index contributed by atoms with van der Waals surface area (Å²) in [6.45, 7) is 4.02. The first kappa shape index (κ1) is 7.84. The highest BCUT2D eigenvalue weighted by Gasteiger charge is 1.80. The van der Waals surface area contributed by atoms with Crippen molar-refractivity contribution in [2.24, 2.45) is 0 Å². The van der Waals surface area contributed by atoms with Crippen molar-refractivity contribution in [3.63, 3.8) is 0 Å². The maximum Gasteiger partial charge on any atom is 0.0392 e. The Balaban J connectivity index is 2.89. The van der Waals surface area contributed by atoms with E-state index >= 15 is 0 Å². The molecule has 0 heterocycles. The van der Waals surface area contributed by atoms with Gasteiger partial charge in [-0.1, -0.05) is 30.3 Å². The molecular weight excluding hydrogens is 132 g/mol. The zero-order chi connectivity index (χ0) is 8.10. The van der Waals surface area contributed by atoms with Gasteiger partial charge in [-0.15, -0.1) is 5.73 Å². The first-order valence-electron chi connectivity index (χ1n) is 3.66. The van der Waals surface area contributed by atoms with E-state index in [1.54, 1.807) is 0 Å². The standard InChI is InChI=1S/C11H11/c1-10(2)8-9-11-6-4-3-5-7-11/h3-7H,1-2H3. The van der Waals surface area contributed by atoms with Crippen molar-refractivity contribution in [1.82, 2.24) is 0 Å². The molecule has 0 heteroatoms. The molecule has 0 aliphatic rings. The minimum atomic E-state index is 1.08. The Morgan fingerprint density at radius 3 is 2.27 bits per heavy atom. The van der Waals surface area contributed by atoms with E-state index in [-0.39, 0.29) is 0 Å². The van der Waals surface area contributed by atoms with Crippen LogP contribution in [0.3, 0.4) is 0 Å². The number of allylic oxidation sites excluding steroid dienone is 1. The van der Waals surface area contributed by atoms with Gasteiger partial charge >= 0.3 is 0 Å². The first-order chi connectivity index (χ1) is 5.29. The zero-order valence-electron chi connectivity index (χ0n) is 6.89. The van der Waals surface area contributed by atoms with Gasteiger partial charge in [0.1, 0.15) is 0 Å². The van der Waals surface area contributed by atoms with Crippen LogP contribution in [-0.2, 0) is 0 Å². The van der Waals surface area contributed by atoms with Crippen molar-refractivity contribution in [2.75, 3.05) is 0 Å². The molecule has 11 heavy (non-hydrogen) atoms. The summed E-state index contributed by atoms with van der Waals surface area (Å²) in [5.41, 5.74) is 5.25. The molecule has 55 valence electrons. The third kappa shape index (κ3) is 2.88. The molecule has 0 saturated carbocycles. The molecule has 0 N–H and O–H groups in total. The van der Waals surface area contributed by atoms with Gasteiger partial charge in [-0.3, -0.25) is 0 Å². The maximum absolute atomic E-state index is 3.06. The Morgan fingerprint density at radius 1 is 1.09 bits per heavy atom. The fourth-order valence-electron chi connectivity index (χ4n) is 0.719. The molecule has 0 atom stereocenters. The Hall–Kier alpha value is -1.26. The van der Waals surface area contributed by atoms with Gasteiger partial charge < -0.3 is 0 Å². The smallest absolute Gasteiger partial charge is 0.0392 e. The third-order valence-electron chi connectivity index (χ3n) is 1.23. The van der Waals surface area contributed by atoms with Gasteiger partial charge in [-0.05, 0) is 25.0 Å². The van der Waals surface area contributed by atoms with Crippen molar-refractivity contribution < 1.29 is 0 Å². The molecule has 1 radical (unpaired) electrons. The van der Waals surface area contributed by atoms with Crippen LogP contribution in [-0.4, -0.2) is 0 Å². The second-order valence-electron chi connectivity index (χ2n) is 2.62. The number of benzene rings is 1. The molecule has 1 rings (SSSR count). The highest BCUT2D eigenvalue weighted by molar-refractivity contribution is 5.21. The number of hydrogen-bond acceptors (Lipinski definition) is 0. The fourth-order valence-corrected chi connectivity index (χ4v) is 0.719. The van der Waals surface area contributed by atoms with E-state index in [4.69, 9.17) is 0 Å². The Bertz CT molecular complexity index is 270. The molecule has 0 amide bonds. The quantitative estimate of drug-likeness (QED) is 0.530. The van der Waals surface area contributed by atoms with Gasteiger partial charge in [0.25, 0.3) is 0 Å². The molecule has 0 fully saturated rings. The molecule has 0 aliphatic carbocycles. The van der Waals surface area contributed by atoms with E-state index in [1.807, 2.05) is 44.2 Å². The topological polar surface area (TPSA) is 0 Å². The Kier molecular flexibility index (Phi) is 2.71. The lowest BCUT2D eigenvalue weighted by atomic mass is 10.2. The first-order valence-corrected chi connectivity index (χ1v) is 3.66. The van der Waals surface area contributed by atoms with Crippen LogP contribution in [0.5, 0.6) is 0 Å². The second kappa shape index (κ2) is 3.80. The average Bonchev–Trinajstić information content (AvgIpc) is 2.03. The monoisotopic (exact) mass is 143 g/mol. The van der Waals surface area contributed by atoms with Crippen molar-refractivity contribution in [3.05, 3.63) is 53.3 Å². The average molecular weight is 143 g/mol. The van der Waals surface area contributed by atoms with Gasteiger partial charge in [0.15, 0.2) is 0 Å². The molecule has 1 aromatic carbocycles. The zero-order valence-corrected chi connectivity index (χ0v) is 6.89. The summed E-state index contributed by atoms with van der Waals surface area (Å²) in [7, 11) is 0. The normalized spacial score (nSPS) is 8.55. The largest absolute Gasteiger partial charge is 0.112 e. The second-order valence-corrected chi connectivity index (χ2v) is 2.62. The molecule has 0 saturated heterocycles. The molecule has 0 aromatic heterocycles. The lowest BCUT2D eigenvalue weighted by molar-refractivity contribution is 1.40. The van der Waals surface area contributed by atoms with Crippen molar-refractivity contribution in [2.45, 2.75) is 13.8 Å². The summed E-state index contributed by atoms with van der Waals surface area (Å²) in [5.74, 6) is 0. The van der Waals surface area contributed by atoms with Gasteiger partial charge in [-0.2, -0.15) is 0 Å². The van der Waals surface area contributed by atoms with Gasteiger partial charge in [0, 0.05) is 6.08 Å². The van der Waals surface area contributed by atoms with Crippen LogP contribution >= 0.6 is 0 Å². The van der Waals surface area contributed by atoms with E-state index in [2.05, 4.69) is 11.8 Å². The van der Waals surface area contributed by atoms with Crippen LogP contribution < -0.4 is 0 Å². The summed E-state index contributed by atoms with van der Waals surface area (Å²) in [6, 6.07) is 10.0. The molecule has 1 aromatic rings. The van der Waals surface area contributed by atoms with Crippen LogP contribution in [0.2, 0.25) is 0 Å². The van der Waals surface area contributed by atoms with Crippen LogP contribution in [0.25, 0.3) is 0 Å². The van der Waals surface area contributed by atoms with Crippen molar-refractivity contribution in [3.8, 4) is 0 Å². The molecule has 0 unspecified atom stereocenters.